The SMILES string of the molecule is C=C(Nc1cccc2cnccc12)\C(N=C(C)c1ccc(C)cc1)=C(C)/C=C\C=C/C. The topological polar surface area (TPSA) is 37.3 Å². The van der Waals surface area contributed by atoms with Crippen LogP contribution in [0.15, 0.2) is 114 Å². The molecule has 1 aromatic heterocycles. The van der Waals surface area contributed by atoms with Gasteiger partial charge in [-0.3, -0.25) is 9.98 Å². The van der Waals surface area contributed by atoms with E-state index in [2.05, 4.69) is 67.1 Å². The van der Waals surface area contributed by atoms with Gasteiger partial charge >= 0.3 is 0 Å². The number of nitrogens with zero attached hydrogens (tertiary/aromatic N) is 2. The van der Waals surface area contributed by atoms with E-state index in [0.717, 1.165) is 44.7 Å². The van der Waals surface area contributed by atoms with E-state index < -0.39 is 0 Å². The summed E-state index contributed by atoms with van der Waals surface area (Å²) in [5.41, 5.74) is 6.86. The van der Waals surface area contributed by atoms with Crippen LogP contribution in [0.25, 0.3) is 10.8 Å². The summed E-state index contributed by atoms with van der Waals surface area (Å²) in [6.45, 7) is 12.5. The molecule has 0 spiro atoms. The molecule has 3 rings (SSSR count). The van der Waals surface area contributed by atoms with Crippen molar-refractivity contribution in [3.8, 4) is 0 Å². The largest absolute Gasteiger partial charge is 0.354 e. The van der Waals surface area contributed by atoms with Crippen LogP contribution in [0, 0.1) is 6.92 Å². The van der Waals surface area contributed by atoms with Crippen molar-refractivity contribution >= 4 is 22.2 Å². The maximum absolute atomic E-state index is 4.98. The second kappa shape index (κ2) is 10.4. The number of anilines is 1. The van der Waals surface area contributed by atoms with Crippen LogP contribution in [-0.4, -0.2) is 10.7 Å². The normalized spacial score (nSPS) is 13.1. The summed E-state index contributed by atoms with van der Waals surface area (Å²) in [7, 11) is 0. The fourth-order valence-corrected chi connectivity index (χ4v) is 3.26. The van der Waals surface area contributed by atoms with E-state index in [0.29, 0.717) is 0 Å². The molecule has 0 atom stereocenters. The first-order chi connectivity index (χ1) is 15.0. The first-order valence-electron chi connectivity index (χ1n) is 10.4. The van der Waals surface area contributed by atoms with E-state index in [1.807, 2.05) is 56.5 Å². The fourth-order valence-electron chi connectivity index (χ4n) is 3.26. The molecule has 0 saturated heterocycles. The van der Waals surface area contributed by atoms with Crippen molar-refractivity contribution in [1.82, 2.24) is 4.98 Å². The second-order valence-electron chi connectivity index (χ2n) is 7.49. The standard InChI is InChI=1S/C28H29N3/c1-6-7-8-10-21(3)28(31-22(4)24-15-13-20(2)14-16-24)23(5)30-27-12-9-11-25-19-29-18-17-26(25)27/h6-19,30H,5H2,1-4H3/b7-6-,10-8-,28-21+,31-22?. The Morgan fingerprint density at radius 1 is 1.03 bits per heavy atom. The summed E-state index contributed by atoms with van der Waals surface area (Å²) < 4.78 is 0. The van der Waals surface area contributed by atoms with Crippen LogP contribution < -0.4 is 5.32 Å². The van der Waals surface area contributed by atoms with Crippen molar-refractivity contribution in [2.24, 2.45) is 4.99 Å². The molecular formula is C28H29N3. The predicted octanol–water partition coefficient (Wildman–Crippen LogP) is 7.38. The van der Waals surface area contributed by atoms with Crippen LogP contribution in [0.4, 0.5) is 5.69 Å². The van der Waals surface area contributed by atoms with E-state index in [9.17, 15) is 0 Å². The van der Waals surface area contributed by atoms with E-state index >= 15 is 0 Å². The first kappa shape index (κ1) is 22.0. The van der Waals surface area contributed by atoms with Gasteiger partial charge < -0.3 is 5.32 Å². The molecule has 1 N–H and O–H groups in total. The lowest BCUT2D eigenvalue weighted by atomic mass is 10.1. The zero-order chi connectivity index (χ0) is 22.2. The average molecular weight is 408 g/mol. The molecule has 2 aromatic carbocycles. The lowest BCUT2D eigenvalue weighted by Gasteiger charge is -2.15. The molecule has 156 valence electrons. The Morgan fingerprint density at radius 3 is 2.55 bits per heavy atom. The number of aromatic nitrogens is 1. The Balaban J connectivity index is 2.01. The van der Waals surface area contributed by atoms with Crippen LogP contribution in [-0.2, 0) is 0 Å². The highest BCUT2D eigenvalue weighted by Crippen LogP contribution is 2.26. The number of nitrogens with one attached hydrogen (secondary N) is 1. The molecule has 3 nitrogen and oxygen atoms in total. The molecule has 0 aliphatic rings. The molecule has 0 amide bonds. The number of benzene rings is 2. The van der Waals surface area contributed by atoms with E-state index in [1.54, 1.807) is 6.20 Å². The maximum Gasteiger partial charge on any atom is 0.0890 e. The van der Waals surface area contributed by atoms with E-state index in [1.165, 1.54) is 5.56 Å². The van der Waals surface area contributed by atoms with Crippen molar-refractivity contribution in [3.05, 3.63) is 120 Å². The van der Waals surface area contributed by atoms with Gasteiger partial charge in [-0.15, -0.1) is 0 Å². The highest BCUT2D eigenvalue weighted by Gasteiger charge is 2.09. The molecule has 31 heavy (non-hydrogen) atoms. The number of hydrogen-bond acceptors (Lipinski definition) is 3. The summed E-state index contributed by atoms with van der Waals surface area (Å²) in [6, 6.07) is 16.5. The highest BCUT2D eigenvalue weighted by molar-refractivity contribution is 6.00. The van der Waals surface area contributed by atoms with Gasteiger partial charge in [0, 0.05) is 34.6 Å². The van der Waals surface area contributed by atoms with Gasteiger partial charge in [-0.05, 0) is 51.0 Å². The predicted molar refractivity (Wildman–Crippen MR) is 135 cm³/mol. The van der Waals surface area contributed by atoms with Crippen LogP contribution >= 0.6 is 0 Å². The van der Waals surface area contributed by atoms with Gasteiger partial charge in [0.15, 0.2) is 0 Å². The monoisotopic (exact) mass is 407 g/mol. The number of hydrogen-bond donors (Lipinski definition) is 1. The number of rotatable bonds is 7. The van der Waals surface area contributed by atoms with E-state index in [4.69, 9.17) is 4.99 Å². The van der Waals surface area contributed by atoms with Crippen molar-refractivity contribution in [2.75, 3.05) is 5.32 Å². The second-order valence-corrected chi connectivity index (χ2v) is 7.49. The molecule has 0 bridgehead atoms. The molecule has 1 heterocycles. The molecular weight excluding hydrogens is 378 g/mol. The summed E-state index contributed by atoms with van der Waals surface area (Å²) in [5.74, 6) is 0. The van der Waals surface area contributed by atoms with Crippen LogP contribution in [0.2, 0.25) is 0 Å². The lowest BCUT2D eigenvalue weighted by Crippen LogP contribution is -2.05. The van der Waals surface area contributed by atoms with Gasteiger partial charge in [0.1, 0.15) is 0 Å². The van der Waals surface area contributed by atoms with Gasteiger partial charge in [-0.2, -0.15) is 0 Å². The molecule has 0 unspecified atom stereocenters. The van der Waals surface area contributed by atoms with Gasteiger partial charge in [-0.25, -0.2) is 0 Å². The molecule has 0 fully saturated rings. The van der Waals surface area contributed by atoms with Gasteiger partial charge in [-0.1, -0.05) is 72.8 Å². The van der Waals surface area contributed by atoms with Crippen molar-refractivity contribution < 1.29 is 0 Å². The molecule has 0 aliphatic heterocycles. The fraction of sp³-hybridized carbons (Fsp3) is 0.143. The van der Waals surface area contributed by atoms with Gasteiger partial charge in [0.25, 0.3) is 0 Å². The Bertz CT molecular complexity index is 1190. The van der Waals surface area contributed by atoms with Gasteiger partial charge in [0.05, 0.1) is 11.4 Å². The number of allylic oxidation sites excluding steroid dienone is 5. The third-order valence-electron chi connectivity index (χ3n) is 5.02. The van der Waals surface area contributed by atoms with Crippen molar-refractivity contribution in [1.29, 1.82) is 0 Å². The Morgan fingerprint density at radius 2 is 1.81 bits per heavy atom. The van der Waals surface area contributed by atoms with Gasteiger partial charge in [0.2, 0.25) is 0 Å². The average Bonchev–Trinajstić information content (AvgIpc) is 2.78. The minimum Gasteiger partial charge on any atom is -0.354 e. The van der Waals surface area contributed by atoms with Crippen LogP contribution in [0.3, 0.4) is 0 Å². The lowest BCUT2D eigenvalue weighted by molar-refractivity contribution is 1.23. The zero-order valence-electron chi connectivity index (χ0n) is 18.7. The van der Waals surface area contributed by atoms with E-state index in [-0.39, 0.29) is 0 Å². The zero-order valence-corrected chi connectivity index (χ0v) is 18.7. The summed E-state index contributed by atoms with van der Waals surface area (Å²) >= 11 is 0. The number of fused-ring (bicyclic) bond motifs is 1. The smallest absolute Gasteiger partial charge is 0.0890 e. The minimum atomic E-state index is 0.749. The minimum absolute atomic E-state index is 0.749. The molecule has 3 aromatic rings. The summed E-state index contributed by atoms with van der Waals surface area (Å²) in [6.07, 6.45) is 11.7. The Hall–Kier alpha value is -3.72. The number of aliphatic imine (C=N–C) groups is 1. The third kappa shape index (κ3) is 5.67. The first-order valence-corrected chi connectivity index (χ1v) is 10.4. The van der Waals surface area contributed by atoms with Crippen LogP contribution in [0.5, 0.6) is 0 Å². The summed E-state index contributed by atoms with van der Waals surface area (Å²) in [4.78, 5) is 9.20. The maximum atomic E-state index is 4.98. The quantitative estimate of drug-likeness (QED) is 0.327. The van der Waals surface area contributed by atoms with Crippen LogP contribution in [0.1, 0.15) is 31.9 Å². The summed E-state index contributed by atoms with van der Waals surface area (Å²) in [5, 5.41) is 5.66. The Kier molecular flexibility index (Phi) is 7.34. The highest BCUT2D eigenvalue weighted by atomic mass is 14.9. The molecule has 0 radical (unpaired) electrons. The Labute approximate surface area is 185 Å². The number of aryl methyl sites for hydroxylation is 1. The van der Waals surface area contributed by atoms with Crippen molar-refractivity contribution in [3.63, 3.8) is 0 Å². The number of pyridine rings is 1. The molecule has 0 saturated carbocycles. The molecule has 0 aliphatic carbocycles. The molecule has 3 heteroatoms. The third-order valence-corrected chi connectivity index (χ3v) is 5.02. The van der Waals surface area contributed by atoms with Crippen molar-refractivity contribution in [2.45, 2.75) is 27.7 Å².